The van der Waals surface area contributed by atoms with E-state index in [2.05, 4.69) is 10.3 Å². The number of aliphatic carboxylic acids is 1. The molecule has 0 amide bonds. The first-order chi connectivity index (χ1) is 21.1. The van der Waals surface area contributed by atoms with Gasteiger partial charge in [0.2, 0.25) is 0 Å². The van der Waals surface area contributed by atoms with Gasteiger partial charge in [0.25, 0.3) is 0 Å². The molecule has 0 saturated carbocycles. The number of aromatic nitrogens is 2. The number of carboxylic acids is 1. The van der Waals surface area contributed by atoms with Gasteiger partial charge in [-0.2, -0.15) is 4.98 Å². The highest BCUT2D eigenvalue weighted by Crippen LogP contribution is 2.37. The summed E-state index contributed by atoms with van der Waals surface area (Å²) in [5.41, 5.74) is 2.20. The van der Waals surface area contributed by atoms with Crippen LogP contribution in [0.5, 0.6) is 0 Å². The molecular weight excluding hydrogens is 581 g/mol. The molecule has 0 spiro atoms. The Kier molecular flexibility index (Phi) is 10.6. The maximum atomic E-state index is 16.3. The molecule has 7 nitrogen and oxygen atoms in total. The van der Waals surface area contributed by atoms with Crippen molar-refractivity contribution < 1.29 is 23.1 Å². The van der Waals surface area contributed by atoms with Gasteiger partial charge in [-0.25, -0.2) is 18.0 Å². The minimum Gasteiger partial charge on any atom is -0.481 e. The molecule has 1 aliphatic rings. The van der Waals surface area contributed by atoms with Crippen LogP contribution in [-0.2, 0) is 11.2 Å². The van der Waals surface area contributed by atoms with Crippen LogP contribution in [0.3, 0.4) is 0 Å². The van der Waals surface area contributed by atoms with Gasteiger partial charge in [-0.15, -0.1) is 0 Å². The molecule has 1 saturated heterocycles. The highest BCUT2D eigenvalue weighted by atomic mass is 19.1. The van der Waals surface area contributed by atoms with Crippen molar-refractivity contribution in [1.29, 1.82) is 0 Å². The average molecular weight is 627 g/mol. The zero-order chi connectivity index (χ0) is 33.2. The van der Waals surface area contributed by atoms with E-state index < -0.39 is 47.5 Å². The molecule has 10 heteroatoms. The summed E-state index contributed by atoms with van der Waals surface area (Å²) in [5, 5.41) is 12.9. The lowest BCUT2D eigenvalue weighted by atomic mass is 9.89. The normalized spacial score (nSPS) is 16.1. The van der Waals surface area contributed by atoms with Crippen molar-refractivity contribution in [2.45, 2.75) is 85.5 Å². The molecule has 2 heterocycles. The van der Waals surface area contributed by atoms with Crippen LogP contribution in [0.1, 0.15) is 79.2 Å². The molecule has 0 aliphatic carbocycles. The van der Waals surface area contributed by atoms with E-state index in [1.807, 2.05) is 50.8 Å². The molecule has 1 fully saturated rings. The van der Waals surface area contributed by atoms with Crippen molar-refractivity contribution in [3.8, 4) is 11.1 Å². The number of likely N-dealkylation sites (tertiary alicyclic amines) is 1. The summed E-state index contributed by atoms with van der Waals surface area (Å²) >= 11 is 0. The molecule has 45 heavy (non-hydrogen) atoms. The lowest BCUT2D eigenvalue weighted by Gasteiger charge is -2.42. The molecule has 0 bridgehead atoms. The van der Waals surface area contributed by atoms with E-state index in [1.165, 1.54) is 10.6 Å². The fourth-order valence-electron chi connectivity index (χ4n) is 6.51. The van der Waals surface area contributed by atoms with Gasteiger partial charge in [0, 0.05) is 55.2 Å². The molecule has 0 radical (unpaired) electrons. The van der Waals surface area contributed by atoms with Gasteiger partial charge in [-0.1, -0.05) is 32.0 Å². The Morgan fingerprint density at radius 1 is 1.09 bits per heavy atom. The second-order valence-electron chi connectivity index (χ2n) is 13.3. The van der Waals surface area contributed by atoms with Gasteiger partial charge in [0.05, 0.1) is 12.5 Å². The SMILES string of the molecule is Cc1cc(-c2c(C)cccc2C)c(F)c([C@H](CC(=O)O)NC[C@H](CC(C)C)n2cc(CCN3CC(C)(F)C3)c(C)nc2=O)c1F. The Morgan fingerprint density at radius 2 is 1.73 bits per heavy atom. The third-order valence-electron chi connectivity index (χ3n) is 8.68. The number of benzene rings is 2. The van der Waals surface area contributed by atoms with Crippen LogP contribution in [0.4, 0.5) is 13.2 Å². The van der Waals surface area contributed by atoms with Gasteiger partial charge in [-0.3, -0.25) is 14.3 Å². The molecule has 1 aliphatic heterocycles. The molecular formula is C35H45F3N4O3. The first-order valence-corrected chi connectivity index (χ1v) is 15.6. The van der Waals surface area contributed by atoms with E-state index in [1.54, 1.807) is 27.0 Å². The summed E-state index contributed by atoms with van der Waals surface area (Å²) in [6, 6.07) is 5.38. The number of nitrogens with zero attached hydrogens (tertiary/aromatic N) is 3. The fourth-order valence-corrected chi connectivity index (χ4v) is 6.51. The molecule has 244 valence electrons. The molecule has 2 aromatic carbocycles. The van der Waals surface area contributed by atoms with Crippen molar-refractivity contribution in [2.24, 2.45) is 5.92 Å². The van der Waals surface area contributed by atoms with Gasteiger partial charge in [0.15, 0.2) is 0 Å². The third-order valence-corrected chi connectivity index (χ3v) is 8.68. The summed E-state index contributed by atoms with van der Waals surface area (Å²) in [4.78, 5) is 31.4. The molecule has 4 rings (SSSR count). The van der Waals surface area contributed by atoms with Gasteiger partial charge in [0.1, 0.15) is 17.3 Å². The lowest BCUT2D eigenvalue weighted by Crippen LogP contribution is -2.57. The van der Waals surface area contributed by atoms with Crippen LogP contribution in [0.25, 0.3) is 11.1 Å². The zero-order valence-electron chi connectivity index (χ0n) is 27.3. The topological polar surface area (TPSA) is 87.5 Å². The molecule has 1 aromatic heterocycles. The van der Waals surface area contributed by atoms with Crippen LogP contribution in [0.15, 0.2) is 35.3 Å². The van der Waals surface area contributed by atoms with Crippen molar-refractivity contribution >= 4 is 5.97 Å². The van der Waals surface area contributed by atoms with E-state index in [-0.39, 0.29) is 29.2 Å². The predicted molar refractivity (Wildman–Crippen MR) is 170 cm³/mol. The minimum atomic E-state index is -1.21. The van der Waals surface area contributed by atoms with Crippen LogP contribution in [0, 0.1) is 45.2 Å². The molecule has 0 unspecified atom stereocenters. The van der Waals surface area contributed by atoms with E-state index >= 15 is 8.78 Å². The fraction of sp³-hybridized carbons (Fsp3) is 0.514. The van der Waals surface area contributed by atoms with Crippen LogP contribution in [0.2, 0.25) is 0 Å². The van der Waals surface area contributed by atoms with E-state index in [4.69, 9.17) is 0 Å². The van der Waals surface area contributed by atoms with Crippen molar-refractivity contribution in [1.82, 2.24) is 19.8 Å². The number of hydrogen-bond donors (Lipinski definition) is 2. The smallest absolute Gasteiger partial charge is 0.348 e. The van der Waals surface area contributed by atoms with E-state index in [0.717, 1.165) is 16.7 Å². The van der Waals surface area contributed by atoms with Gasteiger partial charge in [-0.05, 0) is 87.3 Å². The quantitative estimate of drug-likeness (QED) is 0.228. The summed E-state index contributed by atoms with van der Waals surface area (Å²) in [5.74, 6) is -2.67. The van der Waals surface area contributed by atoms with Crippen LogP contribution < -0.4 is 11.0 Å². The summed E-state index contributed by atoms with van der Waals surface area (Å²) in [6.07, 6.45) is 2.33. The second-order valence-corrected chi connectivity index (χ2v) is 13.3. The molecule has 2 N–H and O–H groups in total. The number of hydrogen-bond acceptors (Lipinski definition) is 5. The number of alkyl halides is 1. The summed E-state index contributed by atoms with van der Waals surface area (Å²) < 4.78 is 47.6. The predicted octanol–water partition coefficient (Wildman–Crippen LogP) is 6.40. The van der Waals surface area contributed by atoms with Crippen LogP contribution in [-0.4, -0.2) is 57.4 Å². The number of nitrogens with one attached hydrogen (secondary N) is 1. The number of carboxylic acid groups (broad SMARTS) is 1. The van der Waals surface area contributed by atoms with Crippen molar-refractivity contribution in [3.63, 3.8) is 0 Å². The first-order valence-electron chi connectivity index (χ1n) is 15.6. The Morgan fingerprint density at radius 3 is 2.31 bits per heavy atom. The number of rotatable bonds is 13. The molecule has 3 aromatic rings. The van der Waals surface area contributed by atoms with Crippen molar-refractivity contribution in [3.05, 3.63) is 86.1 Å². The highest BCUT2D eigenvalue weighted by molar-refractivity contribution is 5.73. The van der Waals surface area contributed by atoms with Gasteiger partial charge < -0.3 is 10.4 Å². The maximum absolute atomic E-state index is 16.3. The zero-order valence-corrected chi connectivity index (χ0v) is 27.3. The second kappa shape index (κ2) is 13.9. The average Bonchev–Trinajstić information content (AvgIpc) is 2.91. The first kappa shape index (κ1) is 34.4. The highest BCUT2D eigenvalue weighted by Gasteiger charge is 2.38. The lowest BCUT2D eigenvalue weighted by molar-refractivity contribution is -0.137. The maximum Gasteiger partial charge on any atom is 0.348 e. The standard InChI is InChI=1S/C35H45F3N4O3/c1-20(2)13-26(42-17-25(24(6)40-34(42)45)11-12-41-18-35(7,38)19-41)16-39-28(15-29(43)44)31-32(36)23(5)14-27(33(31)37)30-21(3)9-8-10-22(30)4/h8-10,14,17,20,26,28,39H,11-13,15-16,18-19H2,1-7H3,(H,43,44)/t26-,28-/m0/s1. The number of aryl methyl sites for hydroxylation is 4. The Balaban J connectivity index is 1.68. The van der Waals surface area contributed by atoms with Crippen LogP contribution >= 0.6 is 0 Å². The monoisotopic (exact) mass is 626 g/mol. The number of halogens is 3. The van der Waals surface area contributed by atoms with Gasteiger partial charge >= 0.3 is 11.7 Å². The summed E-state index contributed by atoms with van der Waals surface area (Å²) in [6.45, 7) is 14.0. The largest absolute Gasteiger partial charge is 0.481 e. The van der Waals surface area contributed by atoms with E-state index in [0.29, 0.717) is 43.7 Å². The minimum absolute atomic E-state index is 0.0814. The van der Waals surface area contributed by atoms with E-state index in [9.17, 15) is 19.1 Å². The number of carbonyl (C=O) groups is 1. The van der Waals surface area contributed by atoms with Crippen molar-refractivity contribution in [2.75, 3.05) is 26.2 Å². The Hall–Kier alpha value is -3.50. The Bertz CT molecular complexity index is 1590. The third kappa shape index (κ3) is 8.02. The molecule has 2 atom stereocenters. The Labute approximate surface area is 263 Å². The summed E-state index contributed by atoms with van der Waals surface area (Å²) in [7, 11) is 0.